The topological polar surface area (TPSA) is 54.7 Å². The van der Waals surface area contributed by atoms with Crippen LogP contribution in [-0.2, 0) is 18.2 Å². The van der Waals surface area contributed by atoms with Gasteiger partial charge in [-0.1, -0.05) is 24.3 Å². The monoisotopic (exact) mass is 483 g/mol. The summed E-state index contributed by atoms with van der Waals surface area (Å²) in [5, 5.41) is 7.69. The molecular weight excluding hydrogens is 453 g/mol. The van der Waals surface area contributed by atoms with Crippen molar-refractivity contribution in [3.8, 4) is 0 Å². The average Bonchev–Trinajstić information content (AvgIpc) is 3.09. The fourth-order valence-electron chi connectivity index (χ4n) is 3.25. The molecule has 1 aromatic heterocycles. The van der Waals surface area contributed by atoms with E-state index in [2.05, 4.69) is 53.4 Å². The number of hydrogen-bond donors (Lipinski definition) is 1. The predicted octanol–water partition coefficient (Wildman–Crippen LogP) is 2.93. The average molecular weight is 483 g/mol. The molecule has 1 aliphatic heterocycles. The Bertz CT molecular complexity index is 745. The lowest BCUT2D eigenvalue weighted by atomic mass is 10.1. The molecule has 2 aromatic rings. The van der Waals surface area contributed by atoms with E-state index in [0.29, 0.717) is 6.61 Å². The van der Waals surface area contributed by atoms with Gasteiger partial charge in [0.25, 0.3) is 0 Å². The van der Waals surface area contributed by atoms with Crippen LogP contribution in [0.25, 0.3) is 0 Å². The summed E-state index contributed by atoms with van der Waals surface area (Å²) < 4.78 is 7.77. The van der Waals surface area contributed by atoms with Crippen molar-refractivity contribution in [1.82, 2.24) is 20.0 Å². The normalized spacial score (nSPS) is 17.5. The lowest BCUT2D eigenvalue weighted by Crippen LogP contribution is -2.48. The number of guanidine groups is 1. The molecule has 1 atom stereocenters. The Balaban J connectivity index is 0.00000261. The van der Waals surface area contributed by atoms with Gasteiger partial charge < -0.3 is 15.0 Å². The number of halogens is 1. The van der Waals surface area contributed by atoms with Crippen molar-refractivity contribution in [3.63, 3.8) is 0 Å². The molecule has 0 saturated carbocycles. The maximum absolute atomic E-state index is 5.95. The zero-order valence-corrected chi connectivity index (χ0v) is 18.7. The maximum atomic E-state index is 5.95. The first-order valence-corrected chi connectivity index (χ1v) is 9.35. The van der Waals surface area contributed by atoms with E-state index < -0.39 is 0 Å². The van der Waals surface area contributed by atoms with Crippen LogP contribution in [-0.4, -0.2) is 53.4 Å². The van der Waals surface area contributed by atoms with Gasteiger partial charge >= 0.3 is 0 Å². The lowest BCUT2D eigenvalue weighted by molar-refractivity contribution is -0.00803. The molecule has 3 rings (SSSR count). The van der Waals surface area contributed by atoms with E-state index in [1.165, 1.54) is 11.1 Å². The van der Waals surface area contributed by atoms with Crippen LogP contribution in [0.5, 0.6) is 0 Å². The Labute approximate surface area is 179 Å². The van der Waals surface area contributed by atoms with Crippen LogP contribution in [0.3, 0.4) is 0 Å². The summed E-state index contributed by atoms with van der Waals surface area (Å²) in [6.07, 6.45) is 4.91. The molecule has 2 heterocycles. The number of aromatic nitrogens is 2. The second-order valence-electron chi connectivity index (χ2n) is 6.66. The molecule has 6 nitrogen and oxygen atoms in total. The SMILES string of the molecule is CCNC(=NCCc1ccccc1C)N1CCOC(c2cnn(C)c2)C1.I. The van der Waals surface area contributed by atoms with Gasteiger partial charge in [-0.05, 0) is 31.4 Å². The van der Waals surface area contributed by atoms with Gasteiger partial charge in [-0.15, -0.1) is 24.0 Å². The molecule has 0 aliphatic carbocycles. The Morgan fingerprint density at radius 2 is 2.19 bits per heavy atom. The third-order valence-electron chi connectivity index (χ3n) is 4.70. The number of rotatable bonds is 5. The second-order valence-corrected chi connectivity index (χ2v) is 6.66. The summed E-state index contributed by atoms with van der Waals surface area (Å²) in [5.74, 6) is 0.971. The van der Waals surface area contributed by atoms with E-state index in [1.807, 2.05) is 24.1 Å². The van der Waals surface area contributed by atoms with Crippen molar-refractivity contribution >= 4 is 29.9 Å². The van der Waals surface area contributed by atoms with Crippen molar-refractivity contribution in [1.29, 1.82) is 0 Å². The van der Waals surface area contributed by atoms with E-state index in [9.17, 15) is 0 Å². The fourth-order valence-corrected chi connectivity index (χ4v) is 3.25. The summed E-state index contributed by atoms with van der Waals surface area (Å²) in [5.41, 5.74) is 3.81. The van der Waals surface area contributed by atoms with Crippen molar-refractivity contribution in [2.24, 2.45) is 12.0 Å². The fraction of sp³-hybridized carbons (Fsp3) is 0.500. The van der Waals surface area contributed by atoms with Crippen molar-refractivity contribution in [2.45, 2.75) is 26.4 Å². The van der Waals surface area contributed by atoms with Gasteiger partial charge in [-0.25, -0.2) is 0 Å². The van der Waals surface area contributed by atoms with Gasteiger partial charge in [0.15, 0.2) is 5.96 Å². The number of nitrogens with zero attached hydrogens (tertiary/aromatic N) is 4. The summed E-state index contributed by atoms with van der Waals surface area (Å²) in [6, 6.07) is 8.52. The van der Waals surface area contributed by atoms with E-state index in [4.69, 9.17) is 9.73 Å². The van der Waals surface area contributed by atoms with Gasteiger partial charge in [0.05, 0.1) is 19.3 Å². The van der Waals surface area contributed by atoms with E-state index >= 15 is 0 Å². The van der Waals surface area contributed by atoms with Crippen LogP contribution in [0.2, 0.25) is 0 Å². The molecule has 148 valence electrons. The minimum absolute atomic E-state index is 0. The minimum Gasteiger partial charge on any atom is -0.370 e. The zero-order valence-electron chi connectivity index (χ0n) is 16.4. The van der Waals surface area contributed by atoms with Crippen molar-refractivity contribution < 1.29 is 4.74 Å². The number of aryl methyl sites for hydroxylation is 2. The standard InChI is InChI=1S/C20H29N5O.HI/c1-4-21-20(22-10-9-17-8-6-5-7-16(17)2)25-11-12-26-19(15-25)18-13-23-24(3)14-18;/h5-8,13-14,19H,4,9-12,15H2,1-3H3,(H,21,22);1H. The van der Waals surface area contributed by atoms with Crippen LogP contribution in [0.4, 0.5) is 0 Å². The predicted molar refractivity (Wildman–Crippen MR) is 120 cm³/mol. The van der Waals surface area contributed by atoms with E-state index in [1.54, 1.807) is 0 Å². The zero-order chi connectivity index (χ0) is 18.4. The van der Waals surface area contributed by atoms with Gasteiger partial charge in [0.1, 0.15) is 6.10 Å². The molecule has 1 saturated heterocycles. The Kier molecular flexibility index (Phi) is 8.56. The van der Waals surface area contributed by atoms with Crippen LogP contribution >= 0.6 is 24.0 Å². The minimum atomic E-state index is 0. The highest BCUT2D eigenvalue weighted by Crippen LogP contribution is 2.21. The molecule has 27 heavy (non-hydrogen) atoms. The third kappa shape index (κ3) is 5.93. The number of benzene rings is 1. The summed E-state index contributed by atoms with van der Waals surface area (Å²) in [4.78, 5) is 7.16. The first kappa shape index (κ1) is 21.7. The van der Waals surface area contributed by atoms with Crippen LogP contribution in [0, 0.1) is 6.92 Å². The number of ether oxygens (including phenoxy) is 1. The van der Waals surface area contributed by atoms with Gasteiger partial charge in [0.2, 0.25) is 0 Å². The summed E-state index contributed by atoms with van der Waals surface area (Å²) >= 11 is 0. The maximum Gasteiger partial charge on any atom is 0.194 e. The van der Waals surface area contributed by atoms with Gasteiger partial charge in [0, 0.05) is 38.4 Å². The molecular formula is C20H30IN5O. The quantitative estimate of drug-likeness (QED) is 0.404. The molecule has 1 N–H and O–H groups in total. The van der Waals surface area contributed by atoms with E-state index in [0.717, 1.165) is 44.1 Å². The first-order valence-electron chi connectivity index (χ1n) is 9.35. The smallest absolute Gasteiger partial charge is 0.194 e. The molecule has 0 spiro atoms. The molecule has 1 unspecified atom stereocenters. The van der Waals surface area contributed by atoms with Gasteiger partial charge in [-0.2, -0.15) is 5.10 Å². The molecule has 1 fully saturated rings. The molecule has 1 aliphatic rings. The number of nitrogens with one attached hydrogen (secondary N) is 1. The highest BCUT2D eigenvalue weighted by Gasteiger charge is 2.25. The molecule has 1 aromatic carbocycles. The number of hydrogen-bond acceptors (Lipinski definition) is 3. The highest BCUT2D eigenvalue weighted by molar-refractivity contribution is 14.0. The Hall–Kier alpha value is -1.61. The molecule has 0 amide bonds. The largest absolute Gasteiger partial charge is 0.370 e. The molecule has 0 bridgehead atoms. The van der Waals surface area contributed by atoms with E-state index in [-0.39, 0.29) is 30.1 Å². The first-order chi connectivity index (χ1) is 12.7. The van der Waals surface area contributed by atoms with Crippen LogP contribution < -0.4 is 5.32 Å². The van der Waals surface area contributed by atoms with Gasteiger partial charge in [-0.3, -0.25) is 9.67 Å². The van der Waals surface area contributed by atoms with Crippen LogP contribution in [0.15, 0.2) is 41.7 Å². The summed E-state index contributed by atoms with van der Waals surface area (Å²) in [6.45, 7) is 8.25. The van der Waals surface area contributed by atoms with Crippen LogP contribution in [0.1, 0.15) is 29.7 Å². The Morgan fingerprint density at radius 3 is 2.89 bits per heavy atom. The molecule has 0 radical (unpaired) electrons. The lowest BCUT2D eigenvalue weighted by Gasteiger charge is -2.34. The highest BCUT2D eigenvalue weighted by atomic mass is 127. The third-order valence-corrected chi connectivity index (χ3v) is 4.70. The second kappa shape index (κ2) is 10.7. The number of morpholine rings is 1. The van der Waals surface area contributed by atoms with Crippen molar-refractivity contribution in [3.05, 3.63) is 53.3 Å². The molecule has 7 heteroatoms. The number of aliphatic imine (C=N–C) groups is 1. The summed E-state index contributed by atoms with van der Waals surface area (Å²) in [7, 11) is 1.93. The Morgan fingerprint density at radius 1 is 1.37 bits per heavy atom. The van der Waals surface area contributed by atoms with Crippen molar-refractivity contribution in [2.75, 3.05) is 32.8 Å².